The average molecular weight is 429 g/mol. The van der Waals surface area contributed by atoms with Crippen LogP contribution in [0, 0.1) is 6.92 Å². The molecule has 0 atom stereocenters. The number of aliphatic hydroxyl groups is 1. The molecule has 1 aromatic heterocycles. The zero-order valence-electron chi connectivity index (χ0n) is 16.9. The van der Waals surface area contributed by atoms with Gasteiger partial charge in [-0.05, 0) is 30.2 Å². The van der Waals surface area contributed by atoms with Gasteiger partial charge in [0.1, 0.15) is 12.1 Å². The molecule has 2 heterocycles. The molecule has 7 heteroatoms. The fraction of sp³-hybridized carbons (Fsp3) is 0.348. The van der Waals surface area contributed by atoms with Crippen molar-refractivity contribution in [2.45, 2.75) is 13.5 Å². The monoisotopic (exact) mass is 428 g/mol. The summed E-state index contributed by atoms with van der Waals surface area (Å²) in [4.78, 5) is 16.4. The Hall–Kier alpha value is -2.38. The van der Waals surface area contributed by atoms with Gasteiger partial charge in [-0.1, -0.05) is 41.6 Å². The van der Waals surface area contributed by atoms with E-state index in [0.717, 1.165) is 42.7 Å². The van der Waals surface area contributed by atoms with Crippen LogP contribution in [0.1, 0.15) is 11.1 Å². The van der Waals surface area contributed by atoms with Crippen molar-refractivity contribution < 1.29 is 19.5 Å². The maximum absolute atomic E-state index is 12.9. The van der Waals surface area contributed by atoms with E-state index < -0.39 is 5.63 Å². The van der Waals surface area contributed by atoms with Gasteiger partial charge in [0.2, 0.25) is 0 Å². The molecule has 0 saturated carbocycles. The summed E-state index contributed by atoms with van der Waals surface area (Å²) in [6, 6.07) is 10.4. The van der Waals surface area contributed by atoms with E-state index >= 15 is 0 Å². The molecule has 6 nitrogen and oxygen atoms in total. The van der Waals surface area contributed by atoms with E-state index in [9.17, 15) is 9.90 Å². The van der Waals surface area contributed by atoms with Gasteiger partial charge in [0.05, 0.1) is 25.3 Å². The van der Waals surface area contributed by atoms with Crippen molar-refractivity contribution in [1.29, 1.82) is 0 Å². The number of fused-ring (bicyclic) bond motifs is 1. The van der Waals surface area contributed by atoms with Gasteiger partial charge in [0.25, 0.3) is 0 Å². The summed E-state index contributed by atoms with van der Waals surface area (Å²) in [6.45, 7) is 6.74. The fourth-order valence-corrected chi connectivity index (χ4v) is 4.36. The topological polar surface area (TPSA) is 81.2 Å². The van der Waals surface area contributed by atoms with E-state index in [0.29, 0.717) is 34.8 Å². The number of benzene rings is 2. The summed E-state index contributed by atoms with van der Waals surface area (Å²) in [5.41, 5.74) is 2.54. The Morgan fingerprint density at radius 1 is 1.17 bits per heavy atom. The van der Waals surface area contributed by atoms with Crippen LogP contribution in [0.5, 0.6) is 5.75 Å². The van der Waals surface area contributed by atoms with Crippen molar-refractivity contribution in [2.75, 3.05) is 39.3 Å². The molecular weight excluding hydrogens is 404 g/mol. The molecule has 2 N–H and O–H groups in total. The molecule has 1 aliphatic heterocycles. The number of hydrogen-bond donors (Lipinski definition) is 2. The minimum absolute atomic E-state index is 0.102. The quantitative estimate of drug-likeness (QED) is 0.597. The molecule has 0 unspecified atom stereocenters. The molecule has 158 valence electrons. The van der Waals surface area contributed by atoms with Crippen LogP contribution < -0.4 is 15.6 Å². The van der Waals surface area contributed by atoms with Crippen LogP contribution in [0.15, 0.2) is 45.6 Å². The number of halogens is 1. The number of nitrogens with zero attached hydrogens (tertiary/aromatic N) is 1. The van der Waals surface area contributed by atoms with Gasteiger partial charge in [-0.25, -0.2) is 4.79 Å². The summed E-state index contributed by atoms with van der Waals surface area (Å²) in [5, 5.41) is 23.1. The molecule has 3 aromatic rings. The molecule has 0 amide bonds. The first-order valence-corrected chi connectivity index (χ1v) is 10.5. The third-order valence-electron chi connectivity index (χ3n) is 5.93. The van der Waals surface area contributed by atoms with Gasteiger partial charge in [-0.3, -0.25) is 4.90 Å². The third kappa shape index (κ3) is 4.09. The Morgan fingerprint density at radius 3 is 2.53 bits per heavy atom. The second-order valence-corrected chi connectivity index (χ2v) is 8.24. The standard InChI is InChI=1S/C23H25ClN2O4/c1-15-18-6-7-20(28)19(14-26-10-8-25(9-11-26)12-13-27)22(18)30-23(29)21(15)16-2-4-17(24)5-3-16/h2-7,27-28H,8-14H2,1H3. The Morgan fingerprint density at radius 2 is 1.87 bits per heavy atom. The van der Waals surface area contributed by atoms with Gasteiger partial charge in [0, 0.05) is 35.6 Å². The molecule has 0 spiro atoms. The predicted molar refractivity (Wildman–Crippen MR) is 115 cm³/mol. The molecule has 4 rings (SSSR count). The van der Waals surface area contributed by atoms with E-state index in [1.807, 2.05) is 6.92 Å². The van der Waals surface area contributed by atoms with Gasteiger partial charge in [-0.2, -0.15) is 0 Å². The molecule has 0 aliphatic carbocycles. The molecule has 1 aliphatic rings. The first kappa shape index (κ1) is 20.9. The first-order chi connectivity index (χ1) is 14.5. The van der Waals surface area contributed by atoms with Crippen LogP contribution in [-0.4, -0.2) is 49.3 Å². The smallest absolute Gasteiger partial charge is 0.344 e. The SMILES string of the molecule is Cc1c(-c2ccc(Cl)cc2)c(=O)oc2c(C[NH+]3CCN(CCO)CC3)c([O-])ccc12. The molecule has 0 radical (unpaired) electrons. The molecule has 2 aromatic carbocycles. The largest absolute Gasteiger partial charge is 0.872 e. The lowest BCUT2D eigenvalue weighted by molar-refractivity contribution is -0.918. The molecular formula is C23H25ClN2O4. The number of hydrogen-bond acceptors (Lipinski definition) is 5. The molecule has 1 fully saturated rings. The Balaban J connectivity index is 1.70. The second-order valence-electron chi connectivity index (χ2n) is 7.81. The number of aryl methyl sites for hydroxylation is 1. The van der Waals surface area contributed by atoms with Gasteiger partial charge in [0.15, 0.2) is 0 Å². The van der Waals surface area contributed by atoms with Crippen molar-refractivity contribution in [1.82, 2.24) is 4.90 Å². The molecule has 1 saturated heterocycles. The van der Waals surface area contributed by atoms with E-state index in [1.165, 1.54) is 4.90 Å². The number of quaternary nitrogens is 1. The van der Waals surface area contributed by atoms with Gasteiger partial charge >= 0.3 is 5.63 Å². The highest BCUT2D eigenvalue weighted by Crippen LogP contribution is 2.31. The molecule has 30 heavy (non-hydrogen) atoms. The number of nitrogens with one attached hydrogen (secondary N) is 1. The van der Waals surface area contributed by atoms with Crippen LogP contribution in [0.25, 0.3) is 22.1 Å². The van der Waals surface area contributed by atoms with Crippen LogP contribution >= 0.6 is 11.6 Å². The lowest BCUT2D eigenvalue weighted by atomic mass is 9.98. The highest BCUT2D eigenvalue weighted by atomic mass is 35.5. The average Bonchev–Trinajstić information content (AvgIpc) is 2.73. The molecule has 0 bridgehead atoms. The van der Waals surface area contributed by atoms with Crippen molar-refractivity contribution in [3.05, 3.63) is 63.0 Å². The van der Waals surface area contributed by atoms with E-state index in [1.54, 1.807) is 36.4 Å². The maximum Gasteiger partial charge on any atom is 0.344 e. The summed E-state index contributed by atoms with van der Waals surface area (Å²) >= 11 is 5.98. The number of aliphatic hydroxyl groups excluding tert-OH is 1. The van der Waals surface area contributed by atoms with Crippen LogP contribution in [0.4, 0.5) is 0 Å². The summed E-state index contributed by atoms with van der Waals surface area (Å²) < 4.78 is 5.73. The fourth-order valence-electron chi connectivity index (χ4n) is 4.23. The number of β-amino-alcohol motifs (C(OH)–C–C–N with tert-alkyl or cyclic N) is 1. The Labute approximate surface area is 179 Å². The van der Waals surface area contributed by atoms with Crippen LogP contribution in [0.3, 0.4) is 0 Å². The normalized spacial score (nSPS) is 15.7. The minimum Gasteiger partial charge on any atom is -0.872 e. The van der Waals surface area contributed by atoms with E-state index in [2.05, 4.69) is 4.90 Å². The highest BCUT2D eigenvalue weighted by molar-refractivity contribution is 6.30. The zero-order chi connectivity index (χ0) is 21.3. The summed E-state index contributed by atoms with van der Waals surface area (Å²) in [7, 11) is 0. The lowest BCUT2D eigenvalue weighted by Gasteiger charge is -2.32. The minimum atomic E-state index is -0.447. The predicted octanol–water partition coefficient (Wildman–Crippen LogP) is 1.19. The van der Waals surface area contributed by atoms with Gasteiger partial charge in [-0.15, -0.1) is 0 Å². The zero-order valence-corrected chi connectivity index (χ0v) is 17.7. The summed E-state index contributed by atoms with van der Waals surface area (Å²) in [6.07, 6.45) is 0. The first-order valence-electron chi connectivity index (χ1n) is 10.2. The van der Waals surface area contributed by atoms with Crippen molar-refractivity contribution >= 4 is 22.6 Å². The Bertz CT molecular complexity index is 1100. The summed E-state index contributed by atoms with van der Waals surface area (Å²) in [5.74, 6) is -0.102. The number of piperazine rings is 1. The number of rotatable bonds is 5. The maximum atomic E-state index is 12.9. The van der Waals surface area contributed by atoms with Crippen molar-refractivity contribution in [2.24, 2.45) is 0 Å². The van der Waals surface area contributed by atoms with Crippen LogP contribution in [-0.2, 0) is 6.54 Å². The van der Waals surface area contributed by atoms with Crippen molar-refractivity contribution in [3.63, 3.8) is 0 Å². The Kier molecular flexibility index (Phi) is 6.11. The third-order valence-corrected chi connectivity index (χ3v) is 6.19. The van der Waals surface area contributed by atoms with Crippen molar-refractivity contribution in [3.8, 4) is 16.9 Å². The van der Waals surface area contributed by atoms with E-state index in [4.69, 9.17) is 21.1 Å². The van der Waals surface area contributed by atoms with Gasteiger partial charge < -0.3 is 19.5 Å². The van der Waals surface area contributed by atoms with Crippen LogP contribution in [0.2, 0.25) is 5.02 Å². The lowest BCUT2D eigenvalue weighted by Crippen LogP contribution is -3.13. The highest BCUT2D eigenvalue weighted by Gasteiger charge is 2.22. The second kappa shape index (κ2) is 8.78. The van der Waals surface area contributed by atoms with E-state index in [-0.39, 0.29) is 12.4 Å².